The Morgan fingerprint density at radius 1 is 1.26 bits per heavy atom. The van der Waals surface area contributed by atoms with E-state index in [1.54, 1.807) is 7.11 Å². The molecule has 1 saturated heterocycles. The topological polar surface area (TPSA) is 83.0 Å². The highest BCUT2D eigenvalue weighted by Crippen LogP contribution is 2.20. The number of sulfone groups is 1. The van der Waals surface area contributed by atoms with Crippen LogP contribution in [0.2, 0.25) is 0 Å². The number of ether oxygens (including phenoxy) is 1. The van der Waals surface area contributed by atoms with Crippen LogP contribution in [0.3, 0.4) is 0 Å². The summed E-state index contributed by atoms with van der Waals surface area (Å²) in [5.41, 5.74) is 1.31. The summed E-state index contributed by atoms with van der Waals surface area (Å²) in [6.07, 6.45) is 4.14. The maximum absolute atomic E-state index is 11.4. The fraction of sp³-hybridized carbons (Fsp3) is 0.682. The number of likely N-dealkylation sites (tertiary alicyclic amines) is 1. The normalized spacial score (nSPS) is 17.0. The van der Waals surface area contributed by atoms with Crippen LogP contribution in [0.25, 0.3) is 0 Å². The fourth-order valence-electron chi connectivity index (χ4n) is 3.55. The van der Waals surface area contributed by atoms with Gasteiger partial charge < -0.3 is 15.4 Å². The minimum absolute atomic E-state index is 0. The molecule has 1 aromatic carbocycles. The van der Waals surface area contributed by atoms with Crippen molar-refractivity contribution in [1.82, 2.24) is 15.5 Å². The van der Waals surface area contributed by atoms with Gasteiger partial charge in [0.05, 0.1) is 12.9 Å². The standard InChI is InChI=1S/C22H38N4O3S.HI/c1-5-23-22(25-18(2)12-15-30(4,27)28)24-16-19-10-13-26(14-11-19)17-20-6-8-21(29-3)9-7-20;/h6-9,18-19H,5,10-17H2,1-4H3,(H2,23,24,25);1H. The molecule has 1 fully saturated rings. The number of hydrogen-bond donors (Lipinski definition) is 2. The molecule has 7 nitrogen and oxygen atoms in total. The van der Waals surface area contributed by atoms with E-state index in [1.807, 2.05) is 26.0 Å². The second kappa shape index (κ2) is 14.2. The van der Waals surface area contributed by atoms with Gasteiger partial charge >= 0.3 is 0 Å². The molecule has 1 aliphatic rings. The van der Waals surface area contributed by atoms with Crippen molar-refractivity contribution in [3.05, 3.63) is 29.8 Å². The van der Waals surface area contributed by atoms with Crippen molar-refractivity contribution in [2.24, 2.45) is 10.9 Å². The smallest absolute Gasteiger partial charge is 0.191 e. The minimum Gasteiger partial charge on any atom is -0.497 e. The molecule has 1 aromatic rings. The monoisotopic (exact) mass is 566 g/mol. The predicted molar refractivity (Wildman–Crippen MR) is 139 cm³/mol. The van der Waals surface area contributed by atoms with Crippen molar-refractivity contribution in [3.63, 3.8) is 0 Å². The maximum Gasteiger partial charge on any atom is 0.191 e. The summed E-state index contributed by atoms with van der Waals surface area (Å²) in [5, 5.41) is 6.60. The summed E-state index contributed by atoms with van der Waals surface area (Å²) in [4.78, 5) is 7.26. The van der Waals surface area contributed by atoms with E-state index < -0.39 is 9.84 Å². The molecule has 2 rings (SSSR count). The molecule has 9 heteroatoms. The van der Waals surface area contributed by atoms with E-state index >= 15 is 0 Å². The van der Waals surface area contributed by atoms with E-state index in [4.69, 9.17) is 9.73 Å². The van der Waals surface area contributed by atoms with E-state index in [9.17, 15) is 8.42 Å². The van der Waals surface area contributed by atoms with Gasteiger partial charge in [0.15, 0.2) is 5.96 Å². The number of hydrogen-bond acceptors (Lipinski definition) is 5. The van der Waals surface area contributed by atoms with E-state index in [-0.39, 0.29) is 35.8 Å². The molecular weight excluding hydrogens is 527 g/mol. The van der Waals surface area contributed by atoms with Crippen LogP contribution in [0.1, 0.15) is 38.7 Å². The molecule has 0 bridgehead atoms. The lowest BCUT2D eigenvalue weighted by Gasteiger charge is -2.31. The van der Waals surface area contributed by atoms with Crippen molar-refractivity contribution in [2.45, 2.75) is 45.7 Å². The molecule has 0 aliphatic carbocycles. The van der Waals surface area contributed by atoms with Gasteiger partial charge in [-0.05, 0) is 69.8 Å². The Labute approximate surface area is 205 Å². The van der Waals surface area contributed by atoms with Crippen LogP contribution >= 0.6 is 24.0 Å². The van der Waals surface area contributed by atoms with Crippen LogP contribution in [-0.2, 0) is 16.4 Å². The summed E-state index contributed by atoms with van der Waals surface area (Å²) < 4.78 is 28.0. The summed E-state index contributed by atoms with van der Waals surface area (Å²) in [6.45, 7) is 8.76. The van der Waals surface area contributed by atoms with Crippen LogP contribution in [-0.4, -0.2) is 70.6 Å². The third-order valence-corrected chi connectivity index (χ3v) is 6.41. The van der Waals surface area contributed by atoms with Gasteiger partial charge in [0, 0.05) is 31.9 Å². The number of halogens is 1. The number of benzene rings is 1. The SMILES string of the molecule is CCNC(=NCC1CCN(Cc2ccc(OC)cc2)CC1)NC(C)CCS(C)(=O)=O.I. The Kier molecular flexibility index (Phi) is 12.8. The molecule has 1 atom stereocenters. The van der Waals surface area contributed by atoms with Crippen LogP contribution in [0.5, 0.6) is 5.75 Å². The summed E-state index contributed by atoms with van der Waals surface area (Å²) >= 11 is 0. The van der Waals surface area contributed by atoms with Crippen molar-refractivity contribution in [3.8, 4) is 5.75 Å². The molecule has 0 spiro atoms. The molecule has 0 saturated carbocycles. The minimum atomic E-state index is -2.94. The molecule has 178 valence electrons. The number of methoxy groups -OCH3 is 1. The van der Waals surface area contributed by atoms with E-state index in [0.29, 0.717) is 12.3 Å². The third kappa shape index (κ3) is 11.4. The Morgan fingerprint density at radius 3 is 2.45 bits per heavy atom. The summed E-state index contributed by atoms with van der Waals surface area (Å²) in [6, 6.07) is 8.36. The first kappa shape index (κ1) is 28.0. The highest BCUT2D eigenvalue weighted by atomic mass is 127. The van der Waals surface area contributed by atoms with Gasteiger partial charge in [-0.3, -0.25) is 9.89 Å². The van der Waals surface area contributed by atoms with Crippen molar-refractivity contribution < 1.29 is 13.2 Å². The number of aliphatic imine (C=N–C) groups is 1. The van der Waals surface area contributed by atoms with Crippen LogP contribution in [0.4, 0.5) is 0 Å². The second-order valence-electron chi connectivity index (χ2n) is 8.25. The van der Waals surface area contributed by atoms with Crippen LogP contribution in [0.15, 0.2) is 29.3 Å². The molecule has 0 aromatic heterocycles. The summed E-state index contributed by atoms with van der Waals surface area (Å²) in [7, 11) is -1.25. The van der Waals surface area contributed by atoms with E-state index in [1.165, 1.54) is 11.8 Å². The predicted octanol–water partition coefficient (Wildman–Crippen LogP) is 2.90. The average molecular weight is 567 g/mol. The number of guanidine groups is 1. The lowest BCUT2D eigenvalue weighted by atomic mass is 9.96. The Bertz CT molecular complexity index is 763. The lowest BCUT2D eigenvalue weighted by Crippen LogP contribution is -2.43. The first-order valence-corrected chi connectivity index (χ1v) is 12.9. The molecule has 0 radical (unpaired) electrons. The van der Waals surface area contributed by atoms with Crippen LogP contribution < -0.4 is 15.4 Å². The number of nitrogens with zero attached hydrogens (tertiary/aromatic N) is 2. The zero-order valence-corrected chi connectivity index (χ0v) is 22.4. The lowest BCUT2D eigenvalue weighted by molar-refractivity contribution is 0.180. The summed E-state index contributed by atoms with van der Waals surface area (Å²) in [5.74, 6) is 2.44. The van der Waals surface area contributed by atoms with Gasteiger partial charge in [0.1, 0.15) is 15.6 Å². The van der Waals surface area contributed by atoms with E-state index in [2.05, 4.69) is 27.7 Å². The zero-order chi connectivity index (χ0) is 22.0. The highest BCUT2D eigenvalue weighted by molar-refractivity contribution is 14.0. The first-order valence-electron chi connectivity index (χ1n) is 10.9. The Hall–Kier alpha value is -1.07. The second-order valence-corrected chi connectivity index (χ2v) is 10.5. The maximum atomic E-state index is 11.4. The van der Waals surface area contributed by atoms with Gasteiger partial charge in [-0.1, -0.05) is 12.1 Å². The van der Waals surface area contributed by atoms with Gasteiger partial charge in [-0.25, -0.2) is 8.42 Å². The molecule has 2 N–H and O–H groups in total. The first-order chi connectivity index (χ1) is 14.3. The molecule has 1 heterocycles. The Morgan fingerprint density at radius 2 is 1.90 bits per heavy atom. The van der Waals surface area contributed by atoms with Crippen molar-refractivity contribution in [1.29, 1.82) is 0 Å². The fourth-order valence-corrected chi connectivity index (χ4v) is 4.33. The van der Waals surface area contributed by atoms with Crippen LogP contribution in [0, 0.1) is 5.92 Å². The van der Waals surface area contributed by atoms with Gasteiger partial charge in [0.2, 0.25) is 0 Å². The van der Waals surface area contributed by atoms with Crippen molar-refractivity contribution >= 4 is 39.8 Å². The molecular formula is C22H39IN4O3S. The average Bonchev–Trinajstić information content (AvgIpc) is 2.72. The van der Waals surface area contributed by atoms with Gasteiger partial charge in [-0.2, -0.15) is 0 Å². The molecule has 1 aliphatic heterocycles. The van der Waals surface area contributed by atoms with Crippen molar-refractivity contribution in [2.75, 3.05) is 45.3 Å². The molecule has 1 unspecified atom stereocenters. The third-order valence-electron chi connectivity index (χ3n) is 5.43. The highest BCUT2D eigenvalue weighted by Gasteiger charge is 2.19. The number of nitrogens with one attached hydrogen (secondary N) is 2. The van der Waals surface area contributed by atoms with Gasteiger partial charge in [0.25, 0.3) is 0 Å². The number of rotatable bonds is 10. The largest absolute Gasteiger partial charge is 0.497 e. The Balaban J connectivity index is 0.00000480. The van der Waals surface area contributed by atoms with E-state index in [0.717, 1.165) is 57.3 Å². The quantitative estimate of drug-likeness (QED) is 0.258. The number of piperidine rings is 1. The zero-order valence-electron chi connectivity index (χ0n) is 19.3. The molecule has 0 amide bonds. The molecule has 31 heavy (non-hydrogen) atoms. The van der Waals surface area contributed by atoms with Gasteiger partial charge in [-0.15, -0.1) is 24.0 Å².